The minimum Gasteiger partial charge on any atom is -0.456 e. The number of hydrogen-bond acceptors (Lipinski definition) is 6. The van der Waals surface area contributed by atoms with Crippen LogP contribution >= 0.6 is 7.82 Å². The van der Waals surface area contributed by atoms with Crippen LogP contribution in [0.2, 0.25) is 0 Å². The fourth-order valence-corrected chi connectivity index (χ4v) is 10.5. The van der Waals surface area contributed by atoms with Crippen molar-refractivity contribution >= 4 is 19.7 Å². The predicted octanol–water partition coefficient (Wildman–Crippen LogP) is 22.5. The molecule has 2 N–H and O–H groups in total. The summed E-state index contributed by atoms with van der Waals surface area (Å²) in [5, 5.41) is 3.06. The van der Waals surface area contributed by atoms with Crippen molar-refractivity contribution in [2.45, 2.75) is 315 Å². The lowest BCUT2D eigenvalue weighted by Gasteiger charge is -2.27. The molecule has 3 unspecified atom stereocenters. The Kier molecular flexibility index (Phi) is 61.2. The Morgan fingerprint density at radius 2 is 0.753 bits per heavy atom. The summed E-state index contributed by atoms with van der Waals surface area (Å²) in [4.78, 5) is 37.9. The van der Waals surface area contributed by atoms with Crippen LogP contribution in [0.15, 0.2) is 109 Å². The molecular weight excluding hydrogens is 1070 g/mol. The Morgan fingerprint density at radius 3 is 1.15 bits per heavy atom. The summed E-state index contributed by atoms with van der Waals surface area (Å²) in [5.41, 5.74) is 0. The van der Waals surface area contributed by atoms with E-state index >= 15 is 0 Å². The molecule has 0 saturated carbocycles. The maximum absolute atomic E-state index is 13.6. The zero-order valence-electron chi connectivity index (χ0n) is 56.1. The summed E-state index contributed by atoms with van der Waals surface area (Å²) >= 11 is 0. The first-order valence-corrected chi connectivity index (χ1v) is 36.7. The molecule has 0 fully saturated rings. The van der Waals surface area contributed by atoms with E-state index in [9.17, 15) is 19.0 Å². The van der Waals surface area contributed by atoms with E-state index in [-0.39, 0.29) is 31.5 Å². The summed E-state index contributed by atoms with van der Waals surface area (Å²) in [6.45, 7) is 6.87. The van der Waals surface area contributed by atoms with Gasteiger partial charge in [-0.1, -0.05) is 285 Å². The number of ether oxygens (including phenoxy) is 1. The number of phosphoric ester groups is 1. The second-order valence-electron chi connectivity index (χ2n) is 24.7. The van der Waals surface area contributed by atoms with Crippen molar-refractivity contribution in [1.82, 2.24) is 5.32 Å². The Labute approximate surface area is 525 Å². The van der Waals surface area contributed by atoms with Gasteiger partial charge in [-0.2, -0.15) is 0 Å². The Hall–Kier alpha value is -3.33. The maximum Gasteiger partial charge on any atom is 0.472 e. The number of hydrogen-bond donors (Lipinski definition) is 2. The van der Waals surface area contributed by atoms with Crippen LogP contribution in [0.3, 0.4) is 0 Å². The monoisotopic (exact) mass is 1210 g/mol. The molecule has 0 saturated heterocycles. The van der Waals surface area contributed by atoms with Crippen molar-refractivity contribution in [1.29, 1.82) is 0 Å². The third-order valence-electron chi connectivity index (χ3n) is 15.2. The Morgan fingerprint density at radius 1 is 0.424 bits per heavy atom. The van der Waals surface area contributed by atoms with Gasteiger partial charge in [-0.15, -0.1) is 0 Å². The number of amides is 1. The van der Waals surface area contributed by atoms with E-state index in [0.717, 1.165) is 116 Å². The summed E-state index contributed by atoms with van der Waals surface area (Å²) in [5.74, 6) is -0.517. The van der Waals surface area contributed by atoms with Crippen LogP contribution in [-0.4, -0.2) is 74.3 Å². The Balaban J connectivity index is 5.05. The summed E-state index contributed by atoms with van der Waals surface area (Å²) in [6.07, 6.45) is 88.1. The van der Waals surface area contributed by atoms with Gasteiger partial charge in [-0.25, -0.2) is 4.57 Å². The van der Waals surface area contributed by atoms with Crippen molar-refractivity contribution in [3.8, 4) is 0 Å². The molecule has 85 heavy (non-hydrogen) atoms. The summed E-state index contributed by atoms with van der Waals surface area (Å²) < 4.78 is 30.8. The average Bonchev–Trinajstić information content (AvgIpc) is 3.64. The van der Waals surface area contributed by atoms with Crippen LogP contribution in [0.4, 0.5) is 0 Å². The number of rotatable bonds is 63. The molecule has 3 atom stereocenters. The molecular formula is C75H134N2O7P+. The largest absolute Gasteiger partial charge is 0.472 e. The van der Waals surface area contributed by atoms with Crippen LogP contribution in [0, 0.1) is 0 Å². The highest BCUT2D eigenvalue weighted by Gasteiger charge is 2.30. The second-order valence-corrected chi connectivity index (χ2v) is 26.1. The van der Waals surface area contributed by atoms with Crippen LogP contribution in [0.5, 0.6) is 0 Å². The first kappa shape index (κ1) is 81.7. The first-order chi connectivity index (χ1) is 41.4. The van der Waals surface area contributed by atoms with Gasteiger partial charge >= 0.3 is 13.8 Å². The van der Waals surface area contributed by atoms with E-state index in [1.54, 1.807) is 0 Å². The van der Waals surface area contributed by atoms with Gasteiger partial charge in [0.15, 0.2) is 0 Å². The molecule has 490 valence electrons. The quantitative estimate of drug-likeness (QED) is 0.0205. The average molecular weight is 1210 g/mol. The number of likely N-dealkylation sites (N-methyl/N-ethyl adjacent to an activating group) is 1. The minimum atomic E-state index is -4.46. The van der Waals surface area contributed by atoms with Crippen molar-refractivity contribution in [2.75, 3.05) is 40.9 Å². The number of carbonyl (C=O) groups excluding carboxylic acids is 2. The summed E-state index contributed by atoms with van der Waals surface area (Å²) in [6, 6.07) is -0.860. The molecule has 0 aromatic rings. The van der Waals surface area contributed by atoms with Gasteiger partial charge in [0, 0.05) is 12.8 Å². The molecule has 0 aliphatic rings. The molecule has 1 amide bonds. The van der Waals surface area contributed by atoms with Gasteiger partial charge < -0.3 is 19.4 Å². The molecule has 0 spiro atoms. The number of nitrogens with zero attached hydrogens (tertiary/aromatic N) is 1. The van der Waals surface area contributed by atoms with Crippen molar-refractivity contribution < 1.29 is 37.3 Å². The topological polar surface area (TPSA) is 111 Å². The normalized spacial score (nSPS) is 14.2. The van der Waals surface area contributed by atoms with Gasteiger partial charge in [-0.05, 0) is 115 Å². The van der Waals surface area contributed by atoms with Gasteiger partial charge in [0.05, 0.1) is 33.8 Å². The van der Waals surface area contributed by atoms with E-state index in [2.05, 4.69) is 123 Å². The lowest BCUT2D eigenvalue weighted by Crippen LogP contribution is -2.47. The van der Waals surface area contributed by atoms with Crippen molar-refractivity contribution in [3.05, 3.63) is 109 Å². The number of nitrogens with one attached hydrogen (secondary N) is 1. The number of unbranched alkanes of at least 4 members (excludes halogenated alkanes) is 31. The molecule has 10 heteroatoms. The van der Waals surface area contributed by atoms with Crippen molar-refractivity contribution in [2.24, 2.45) is 0 Å². The fourth-order valence-electron chi connectivity index (χ4n) is 9.80. The van der Waals surface area contributed by atoms with Crippen LogP contribution in [0.1, 0.15) is 303 Å². The zero-order chi connectivity index (χ0) is 62.1. The molecule has 0 bridgehead atoms. The van der Waals surface area contributed by atoms with E-state index in [1.165, 1.54) is 154 Å². The van der Waals surface area contributed by atoms with Crippen molar-refractivity contribution in [3.63, 3.8) is 0 Å². The molecule has 9 nitrogen and oxygen atoms in total. The third kappa shape index (κ3) is 65.0. The molecule has 0 aromatic carbocycles. The number of carbonyl (C=O) groups is 2. The maximum atomic E-state index is 13.6. The molecule has 0 aliphatic heterocycles. The van der Waals surface area contributed by atoms with Gasteiger partial charge in [0.1, 0.15) is 19.3 Å². The summed E-state index contributed by atoms with van der Waals surface area (Å²) in [7, 11) is 1.48. The van der Waals surface area contributed by atoms with Crippen LogP contribution in [-0.2, 0) is 27.9 Å². The number of esters is 1. The molecule has 0 rings (SSSR count). The predicted molar refractivity (Wildman–Crippen MR) is 369 cm³/mol. The zero-order valence-corrected chi connectivity index (χ0v) is 57.0. The van der Waals surface area contributed by atoms with E-state index < -0.39 is 20.0 Å². The van der Waals surface area contributed by atoms with Crippen LogP contribution < -0.4 is 5.32 Å². The van der Waals surface area contributed by atoms with Gasteiger partial charge in [-0.3, -0.25) is 18.6 Å². The smallest absolute Gasteiger partial charge is 0.456 e. The number of allylic oxidation sites excluding steroid dienone is 17. The highest BCUT2D eigenvalue weighted by atomic mass is 31.2. The standard InChI is InChI=1S/C75H133N2O7P/c1-7-10-13-16-19-22-25-27-29-31-33-35-36-37-38-39-40-42-43-45-47-49-52-55-58-61-64-67-74(78)76-72(71-83-85(80,81)82-70-69-77(4,5)6)73(66-63-60-57-54-51-24-21-18-15-12-9-3)84-75(79)68-65-62-59-56-53-50-48-46-44-41-34-32-30-28-26-23-20-17-14-11-8-2/h10,13,19-20,22-23,27-30,33-35,37-38,41,63,66,72-73H,7-9,11-12,14-18,21,24-26,31-32,36,39-40,42-62,64-65,67-71H2,1-6H3,(H-,76,78,80,81)/p+1/b13-10-,22-19-,23-20-,29-27-,30-28-,35-33-,38-37-,41-34-,66-63-. The fraction of sp³-hybridized carbons (Fsp3) is 0.733. The molecule has 0 heterocycles. The van der Waals surface area contributed by atoms with Crippen LogP contribution in [0.25, 0.3) is 0 Å². The highest BCUT2D eigenvalue weighted by molar-refractivity contribution is 7.47. The highest BCUT2D eigenvalue weighted by Crippen LogP contribution is 2.43. The number of quaternary nitrogens is 1. The first-order valence-electron chi connectivity index (χ1n) is 35.2. The molecule has 0 aliphatic carbocycles. The molecule has 0 radical (unpaired) electrons. The number of phosphoric acid groups is 1. The lowest BCUT2D eigenvalue weighted by atomic mass is 10.0. The van der Waals surface area contributed by atoms with Gasteiger partial charge in [0.2, 0.25) is 5.91 Å². The second kappa shape index (κ2) is 63.7. The Bertz CT molecular complexity index is 1820. The molecule has 0 aromatic heterocycles. The lowest BCUT2D eigenvalue weighted by molar-refractivity contribution is -0.870. The van der Waals surface area contributed by atoms with E-state index in [0.29, 0.717) is 17.4 Å². The van der Waals surface area contributed by atoms with E-state index in [1.807, 2.05) is 33.3 Å². The van der Waals surface area contributed by atoms with E-state index in [4.69, 9.17) is 13.8 Å². The SMILES string of the molecule is CC/C=C\C/C=C\C/C=C\C/C=C\C/C=C\CCCCCCCCCCCCCC(=O)NC(COP(=O)(O)OCC[N+](C)(C)C)C(/C=C\CCCCCCCCCCC)OC(=O)CCCCCCCCCC/C=C\C/C=C\C/C=C\CCCCC. The van der Waals surface area contributed by atoms with Gasteiger partial charge in [0.25, 0.3) is 0 Å². The third-order valence-corrected chi connectivity index (χ3v) is 16.2. The minimum absolute atomic E-state index is 0.0339.